The van der Waals surface area contributed by atoms with Crippen LogP contribution in [0.15, 0.2) is 17.4 Å². The molecule has 1 aromatic rings. The lowest BCUT2D eigenvalue weighted by Crippen LogP contribution is -2.52. The molecule has 1 amide bonds. The van der Waals surface area contributed by atoms with E-state index in [0.717, 1.165) is 0 Å². The van der Waals surface area contributed by atoms with Gasteiger partial charge in [-0.1, -0.05) is 5.16 Å². The Labute approximate surface area is 122 Å². The van der Waals surface area contributed by atoms with E-state index in [9.17, 15) is 4.79 Å². The minimum Gasteiger partial charge on any atom is -0.409 e. The molecule has 0 unspecified atom stereocenters. The number of carbonyl (C=O) groups excluding carboxylic acids is 1. The van der Waals surface area contributed by atoms with Crippen LogP contribution >= 0.6 is 0 Å². The molecule has 1 aliphatic rings. The molecule has 0 spiro atoms. The SMILES string of the molecule is Cc1nccc(CNC(=O)C2(C(N)=NO)CCOCC2)n1. The number of amides is 1. The molecular weight excluding hydrogens is 274 g/mol. The van der Waals surface area contributed by atoms with Crippen LogP contribution in [-0.2, 0) is 16.1 Å². The number of amidine groups is 1. The van der Waals surface area contributed by atoms with E-state index < -0.39 is 5.41 Å². The molecular formula is C13H19N5O3. The van der Waals surface area contributed by atoms with Crippen molar-refractivity contribution >= 4 is 11.7 Å². The summed E-state index contributed by atoms with van der Waals surface area (Å²) in [4.78, 5) is 20.7. The van der Waals surface area contributed by atoms with E-state index in [1.807, 2.05) is 0 Å². The molecule has 1 aliphatic heterocycles. The summed E-state index contributed by atoms with van der Waals surface area (Å²) < 4.78 is 5.26. The van der Waals surface area contributed by atoms with E-state index in [0.29, 0.717) is 37.6 Å². The van der Waals surface area contributed by atoms with Gasteiger partial charge >= 0.3 is 0 Å². The lowest BCUT2D eigenvalue weighted by Gasteiger charge is -2.34. The molecule has 21 heavy (non-hydrogen) atoms. The van der Waals surface area contributed by atoms with Gasteiger partial charge in [-0.2, -0.15) is 0 Å². The number of hydrogen-bond acceptors (Lipinski definition) is 6. The summed E-state index contributed by atoms with van der Waals surface area (Å²) in [6, 6.07) is 1.73. The zero-order valence-corrected chi connectivity index (χ0v) is 11.9. The summed E-state index contributed by atoms with van der Waals surface area (Å²) in [7, 11) is 0. The molecule has 4 N–H and O–H groups in total. The third kappa shape index (κ3) is 3.27. The van der Waals surface area contributed by atoms with Crippen molar-refractivity contribution in [2.45, 2.75) is 26.3 Å². The molecule has 1 saturated heterocycles. The van der Waals surface area contributed by atoms with Crippen molar-refractivity contribution in [3.63, 3.8) is 0 Å². The molecule has 1 fully saturated rings. The lowest BCUT2D eigenvalue weighted by molar-refractivity contribution is -0.131. The Kier molecular flexibility index (Phi) is 4.69. The number of nitrogens with one attached hydrogen (secondary N) is 1. The fourth-order valence-electron chi connectivity index (χ4n) is 2.36. The monoisotopic (exact) mass is 293 g/mol. The number of nitrogens with two attached hydrogens (primary N) is 1. The fraction of sp³-hybridized carbons (Fsp3) is 0.538. The van der Waals surface area contributed by atoms with Gasteiger partial charge < -0.3 is 21.0 Å². The Morgan fingerprint density at radius 3 is 2.90 bits per heavy atom. The smallest absolute Gasteiger partial charge is 0.234 e. The Hall–Kier alpha value is -2.22. The highest BCUT2D eigenvalue weighted by atomic mass is 16.5. The summed E-state index contributed by atoms with van der Waals surface area (Å²) in [6.07, 6.45) is 2.41. The van der Waals surface area contributed by atoms with Crippen molar-refractivity contribution in [2.75, 3.05) is 13.2 Å². The van der Waals surface area contributed by atoms with Gasteiger partial charge in [0.2, 0.25) is 5.91 Å². The summed E-state index contributed by atoms with van der Waals surface area (Å²) in [5, 5.41) is 14.8. The molecule has 2 rings (SSSR count). The molecule has 2 heterocycles. The van der Waals surface area contributed by atoms with Crippen molar-refractivity contribution in [2.24, 2.45) is 16.3 Å². The number of ether oxygens (including phenoxy) is 1. The van der Waals surface area contributed by atoms with Gasteiger partial charge in [-0.3, -0.25) is 4.79 Å². The first-order valence-electron chi connectivity index (χ1n) is 6.71. The lowest BCUT2D eigenvalue weighted by atomic mass is 9.78. The second-order valence-corrected chi connectivity index (χ2v) is 4.96. The number of oxime groups is 1. The maximum atomic E-state index is 12.5. The zero-order valence-electron chi connectivity index (χ0n) is 11.9. The van der Waals surface area contributed by atoms with Crippen LogP contribution in [0.25, 0.3) is 0 Å². The van der Waals surface area contributed by atoms with Crippen LogP contribution in [0.3, 0.4) is 0 Å². The maximum absolute atomic E-state index is 12.5. The molecule has 0 radical (unpaired) electrons. The summed E-state index contributed by atoms with van der Waals surface area (Å²) in [5.41, 5.74) is 5.42. The molecule has 114 valence electrons. The summed E-state index contributed by atoms with van der Waals surface area (Å²) in [6.45, 7) is 2.84. The first-order chi connectivity index (χ1) is 10.1. The van der Waals surface area contributed by atoms with E-state index in [1.165, 1.54) is 0 Å². The highest BCUT2D eigenvalue weighted by Crippen LogP contribution is 2.31. The molecule has 0 aromatic carbocycles. The number of aromatic nitrogens is 2. The molecule has 8 nitrogen and oxygen atoms in total. The number of nitrogens with zero attached hydrogens (tertiary/aromatic N) is 3. The minimum absolute atomic E-state index is 0.0813. The topological polar surface area (TPSA) is 123 Å². The van der Waals surface area contributed by atoms with Crippen LogP contribution in [0.2, 0.25) is 0 Å². The molecule has 0 aliphatic carbocycles. The standard InChI is InChI=1S/C13H19N5O3/c1-9-15-5-2-10(17-9)8-16-12(19)13(11(14)18-20)3-6-21-7-4-13/h2,5,20H,3-4,6-8H2,1H3,(H2,14,18)(H,16,19). The Morgan fingerprint density at radius 1 is 1.57 bits per heavy atom. The van der Waals surface area contributed by atoms with Crippen LogP contribution in [-0.4, -0.2) is 40.1 Å². The fourth-order valence-corrected chi connectivity index (χ4v) is 2.36. The summed E-state index contributed by atoms with van der Waals surface area (Å²) in [5.74, 6) is 0.276. The second-order valence-electron chi connectivity index (χ2n) is 4.96. The van der Waals surface area contributed by atoms with Crippen molar-refractivity contribution in [1.82, 2.24) is 15.3 Å². The van der Waals surface area contributed by atoms with Crippen LogP contribution in [0.4, 0.5) is 0 Å². The van der Waals surface area contributed by atoms with Gasteiger partial charge in [0.1, 0.15) is 11.2 Å². The van der Waals surface area contributed by atoms with Gasteiger partial charge in [-0.15, -0.1) is 0 Å². The predicted molar refractivity (Wildman–Crippen MR) is 74.5 cm³/mol. The highest BCUT2D eigenvalue weighted by Gasteiger charge is 2.44. The minimum atomic E-state index is -1.02. The average molecular weight is 293 g/mol. The first-order valence-corrected chi connectivity index (χ1v) is 6.71. The first kappa shape index (κ1) is 15.2. The van der Waals surface area contributed by atoms with Crippen LogP contribution in [0.5, 0.6) is 0 Å². The van der Waals surface area contributed by atoms with Crippen molar-refractivity contribution < 1.29 is 14.7 Å². The third-order valence-electron chi connectivity index (χ3n) is 3.64. The van der Waals surface area contributed by atoms with Gasteiger partial charge in [0, 0.05) is 19.4 Å². The van der Waals surface area contributed by atoms with Crippen LogP contribution in [0.1, 0.15) is 24.4 Å². The zero-order chi connectivity index (χ0) is 15.3. The Bertz CT molecular complexity index is 540. The average Bonchev–Trinajstić information content (AvgIpc) is 2.52. The van der Waals surface area contributed by atoms with Gasteiger partial charge in [0.15, 0.2) is 5.84 Å². The molecule has 8 heteroatoms. The van der Waals surface area contributed by atoms with E-state index in [-0.39, 0.29) is 18.3 Å². The molecule has 0 atom stereocenters. The third-order valence-corrected chi connectivity index (χ3v) is 3.64. The second kappa shape index (κ2) is 6.49. The Morgan fingerprint density at radius 2 is 2.29 bits per heavy atom. The van der Waals surface area contributed by atoms with Crippen LogP contribution < -0.4 is 11.1 Å². The summed E-state index contributed by atoms with van der Waals surface area (Å²) >= 11 is 0. The maximum Gasteiger partial charge on any atom is 0.234 e. The van der Waals surface area contributed by atoms with E-state index in [2.05, 4.69) is 20.4 Å². The van der Waals surface area contributed by atoms with Crippen LogP contribution in [0, 0.1) is 12.3 Å². The van der Waals surface area contributed by atoms with Crippen molar-refractivity contribution in [1.29, 1.82) is 0 Å². The molecule has 0 bridgehead atoms. The number of aryl methyl sites for hydroxylation is 1. The van der Waals surface area contributed by atoms with E-state index in [4.69, 9.17) is 15.7 Å². The highest BCUT2D eigenvalue weighted by molar-refractivity contribution is 6.06. The molecule has 1 aromatic heterocycles. The number of carbonyl (C=O) groups is 1. The van der Waals surface area contributed by atoms with Crippen molar-refractivity contribution in [3.8, 4) is 0 Å². The largest absolute Gasteiger partial charge is 0.409 e. The number of rotatable bonds is 4. The van der Waals surface area contributed by atoms with Crippen molar-refractivity contribution in [3.05, 3.63) is 23.8 Å². The van der Waals surface area contributed by atoms with E-state index >= 15 is 0 Å². The van der Waals surface area contributed by atoms with Gasteiger partial charge in [-0.05, 0) is 25.8 Å². The molecule has 0 saturated carbocycles. The van der Waals surface area contributed by atoms with Gasteiger partial charge in [0.05, 0.1) is 12.2 Å². The Balaban J connectivity index is 2.09. The van der Waals surface area contributed by atoms with Gasteiger partial charge in [0.25, 0.3) is 0 Å². The van der Waals surface area contributed by atoms with Gasteiger partial charge in [-0.25, -0.2) is 9.97 Å². The normalized spacial score (nSPS) is 18.2. The number of hydrogen-bond donors (Lipinski definition) is 3. The quantitative estimate of drug-likeness (QED) is 0.309. The predicted octanol–water partition coefficient (Wildman–Crippen LogP) is -0.0556. The van der Waals surface area contributed by atoms with E-state index in [1.54, 1.807) is 19.2 Å².